The number of azide groups is 1. The van der Waals surface area contributed by atoms with Gasteiger partial charge in [0.05, 0.1) is 25.6 Å². The summed E-state index contributed by atoms with van der Waals surface area (Å²) in [5.41, 5.74) is 7.99. The van der Waals surface area contributed by atoms with E-state index < -0.39 is 0 Å². The van der Waals surface area contributed by atoms with E-state index in [2.05, 4.69) is 15.0 Å². The van der Waals surface area contributed by atoms with Crippen LogP contribution in [0.5, 0.6) is 0 Å². The van der Waals surface area contributed by atoms with Gasteiger partial charge in [-0.3, -0.25) is 4.79 Å². The number of rotatable bonds is 6. The molecular weight excluding hydrogens is 212 g/mol. The number of isocyanates is 1. The second-order valence-corrected chi connectivity index (χ2v) is 3.59. The van der Waals surface area contributed by atoms with Crippen LogP contribution in [0.3, 0.4) is 0 Å². The van der Waals surface area contributed by atoms with E-state index in [-0.39, 0.29) is 31.0 Å². The second-order valence-electron chi connectivity index (χ2n) is 3.59. The fourth-order valence-electron chi connectivity index (χ4n) is 1.59. The maximum Gasteiger partial charge on any atom is 0.308 e. The summed E-state index contributed by atoms with van der Waals surface area (Å²) < 4.78 is 4.89. The Hall–Kier alpha value is -1.84. The smallest absolute Gasteiger partial charge is 0.308 e. The van der Waals surface area contributed by atoms with Crippen LogP contribution in [0.4, 0.5) is 0 Å². The highest BCUT2D eigenvalue weighted by Crippen LogP contribution is 2.34. The number of esters is 1. The zero-order valence-electron chi connectivity index (χ0n) is 8.70. The first kappa shape index (κ1) is 12.2. The predicted molar refractivity (Wildman–Crippen MR) is 54.2 cm³/mol. The van der Waals surface area contributed by atoms with E-state index in [9.17, 15) is 9.59 Å². The molecular formula is C9H12N4O3. The highest BCUT2D eigenvalue weighted by atomic mass is 16.5. The van der Waals surface area contributed by atoms with Crippen LogP contribution in [0, 0.1) is 11.8 Å². The van der Waals surface area contributed by atoms with Gasteiger partial charge in [-0.15, -0.1) is 0 Å². The van der Waals surface area contributed by atoms with Crippen molar-refractivity contribution in [2.75, 3.05) is 19.7 Å². The fourth-order valence-corrected chi connectivity index (χ4v) is 1.59. The minimum atomic E-state index is -0.264. The second kappa shape index (κ2) is 6.61. The van der Waals surface area contributed by atoms with Gasteiger partial charge in [-0.25, -0.2) is 9.79 Å². The molecule has 0 atom stereocenters. The summed E-state index contributed by atoms with van der Waals surface area (Å²) in [7, 11) is 0. The van der Waals surface area contributed by atoms with Crippen LogP contribution in [-0.4, -0.2) is 31.7 Å². The molecule has 1 aliphatic rings. The van der Waals surface area contributed by atoms with E-state index in [1.54, 1.807) is 0 Å². The summed E-state index contributed by atoms with van der Waals surface area (Å²) in [5, 5.41) is 3.25. The minimum absolute atomic E-state index is 0.0992. The summed E-state index contributed by atoms with van der Waals surface area (Å²) in [6.07, 6.45) is 2.87. The molecule has 0 spiro atoms. The number of hydrogen-bond acceptors (Lipinski definition) is 5. The first-order chi connectivity index (χ1) is 7.77. The largest absolute Gasteiger partial charge is 0.465 e. The highest BCUT2D eigenvalue weighted by molar-refractivity contribution is 5.73. The van der Waals surface area contributed by atoms with Crippen molar-refractivity contribution in [1.29, 1.82) is 0 Å². The fraction of sp³-hybridized carbons (Fsp3) is 0.778. The molecule has 1 fully saturated rings. The summed E-state index contributed by atoms with van der Waals surface area (Å²) >= 11 is 0. The highest BCUT2D eigenvalue weighted by Gasteiger charge is 2.35. The van der Waals surface area contributed by atoms with Gasteiger partial charge >= 0.3 is 5.97 Å². The van der Waals surface area contributed by atoms with Crippen molar-refractivity contribution >= 4 is 12.0 Å². The molecule has 0 radical (unpaired) electrons. The van der Waals surface area contributed by atoms with Gasteiger partial charge in [-0.05, 0) is 24.3 Å². The Kier molecular flexibility index (Phi) is 5.05. The molecule has 0 amide bonds. The molecule has 16 heavy (non-hydrogen) atoms. The molecule has 0 N–H and O–H groups in total. The number of carbonyl (C=O) groups excluding carboxylic acids is 2. The number of carbonyl (C=O) groups is 1. The van der Waals surface area contributed by atoms with E-state index in [1.807, 2.05) is 0 Å². The van der Waals surface area contributed by atoms with Crippen LogP contribution in [-0.2, 0) is 14.3 Å². The molecule has 1 aliphatic carbocycles. The average molecular weight is 224 g/mol. The molecule has 0 heterocycles. The van der Waals surface area contributed by atoms with Gasteiger partial charge in [-0.1, -0.05) is 5.11 Å². The van der Waals surface area contributed by atoms with Gasteiger partial charge < -0.3 is 4.74 Å². The van der Waals surface area contributed by atoms with Crippen LogP contribution < -0.4 is 0 Å². The molecule has 7 heteroatoms. The van der Waals surface area contributed by atoms with Gasteiger partial charge in [0.15, 0.2) is 0 Å². The molecule has 1 saturated carbocycles. The number of nitrogens with zero attached hydrogens (tertiary/aromatic N) is 4. The topological polar surface area (TPSA) is 104 Å². The third-order valence-corrected chi connectivity index (χ3v) is 2.48. The molecule has 0 unspecified atom stereocenters. The molecule has 0 aliphatic heterocycles. The van der Waals surface area contributed by atoms with Gasteiger partial charge in [-0.2, -0.15) is 0 Å². The van der Waals surface area contributed by atoms with Crippen molar-refractivity contribution in [3.63, 3.8) is 0 Å². The Bertz CT molecular complexity index is 339. The Morgan fingerprint density at radius 2 is 2.31 bits per heavy atom. The monoisotopic (exact) mass is 224 g/mol. The zero-order valence-corrected chi connectivity index (χ0v) is 8.70. The standard InChI is InChI=1S/C9H12N4O3/c10-13-12-1-2-16-9(15)8-3-7(4-8)5-11-6-14/h7-8H,1-5H2/t7-,8-. The number of aliphatic imine (C=N–C) groups is 1. The molecule has 0 aromatic carbocycles. The molecule has 0 aromatic heterocycles. The quantitative estimate of drug-likeness (QED) is 0.129. The lowest BCUT2D eigenvalue weighted by molar-refractivity contribution is -0.152. The van der Waals surface area contributed by atoms with Crippen LogP contribution >= 0.6 is 0 Å². The summed E-state index contributed by atoms with van der Waals surface area (Å²) in [4.78, 5) is 27.2. The van der Waals surface area contributed by atoms with Crippen LogP contribution in [0.2, 0.25) is 0 Å². The van der Waals surface area contributed by atoms with Crippen molar-refractivity contribution in [3.05, 3.63) is 10.4 Å². The molecule has 0 aromatic rings. The maximum atomic E-state index is 11.3. The molecule has 86 valence electrons. The van der Waals surface area contributed by atoms with Crippen LogP contribution in [0.25, 0.3) is 10.4 Å². The van der Waals surface area contributed by atoms with Crippen LogP contribution in [0.15, 0.2) is 10.1 Å². The van der Waals surface area contributed by atoms with Gasteiger partial charge in [0.1, 0.15) is 0 Å². The first-order valence-corrected chi connectivity index (χ1v) is 4.99. The normalized spacial score (nSPS) is 22.2. The molecule has 0 saturated heterocycles. The van der Waals surface area contributed by atoms with Gasteiger partial charge in [0, 0.05) is 4.91 Å². The van der Waals surface area contributed by atoms with E-state index in [0.29, 0.717) is 19.4 Å². The number of hydrogen-bond donors (Lipinski definition) is 0. The van der Waals surface area contributed by atoms with E-state index in [4.69, 9.17) is 10.3 Å². The van der Waals surface area contributed by atoms with Gasteiger partial charge in [0.2, 0.25) is 6.08 Å². The van der Waals surface area contributed by atoms with E-state index >= 15 is 0 Å². The Labute approximate surface area is 92.1 Å². The zero-order chi connectivity index (χ0) is 11.8. The molecule has 7 nitrogen and oxygen atoms in total. The lowest BCUT2D eigenvalue weighted by Gasteiger charge is -2.31. The van der Waals surface area contributed by atoms with Crippen molar-refractivity contribution < 1.29 is 14.3 Å². The predicted octanol–water partition coefficient (Wildman–Crippen LogP) is 1.20. The van der Waals surface area contributed by atoms with Crippen molar-refractivity contribution in [2.24, 2.45) is 21.9 Å². The van der Waals surface area contributed by atoms with Crippen molar-refractivity contribution in [3.8, 4) is 0 Å². The molecule has 1 rings (SSSR count). The molecule has 0 bridgehead atoms. The van der Waals surface area contributed by atoms with Crippen LogP contribution in [0.1, 0.15) is 12.8 Å². The van der Waals surface area contributed by atoms with E-state index in [0.717, 1.165) is 0 Å². The Morgan fingerprint density at radius 3 is 2.94 bits per heavy atom. The average Bonchev–Trinajstić information content (AvgIpc) is 2.22. The third kappa shape index (κ3) is 3.73. The lowest BCUT2D eigenvalue weighted by Crippen LogP contribution is -2.33. The summed E-state index contributed by atoms with van der Waals surface area (Å²) in [5.74, 6) is -0.0754. The summed E-state index contributed by atoms with van der Waals surface area (Å²) in [6, 6.07) is 0. The Morgan fingerprint density at radius 1 is 1.56 bits per heavy atom. The van der Waals surface area contributed by atoms with Gasteiger partial charge in [0.25, 0.3) is 0 Å². The SMILES string of the molecule is [N-]=[N+]=NCCOC(=O)[C@H]1C[C@H](CN=C=O)C1. The lowest BCUT2D eigenvalue weighted by atomic mass is 9.75. The number of ether oxygens (including phenoxy) is 1. The Balaban J connectivity index is 2.11. The van der Waals surface area contributed by atoms with Crippen molar-refractivity contribution in [1.82, 2.24) is 0 Å². The van der Waals surface area contributed by atoms with Crippen molar-refractivity contribution in [2.45, 2.75) is 12.8 Å². The maximum absolute atomic E-state index is 11.3. The van der Waals surface area contributed by atoms with E-state index in [1.165, 1.54) is 6.08 Å². The third-order valence-electron chi connectivity index (χ3n) is 2.48. The minimum Gasteiger partial charge on any atom is -0.465 e. The summed E-state index contributed by atoms with van der Waals surface area (Å²) in [6.45, 7) is 0.719. The first-order valence-electron chi connectivity index (χ1n) is 4.99.